The molecular weight excluding hydrogens is 354 g/mol. The summed E-state index contributed by atoms with van der Waals surface area (Å²) < 4.78 is 20.8. The van der Waals surface area contributed by atoms with Gasteiger partial charge in [0.15, 0.2) is 22.9 Å². The molecule has 0 aliphatic rings. The Balaban J connectivity index is 2.04. The molecule has 140 valence electrons. The van der Waals surface area contributed by atoms with Gasteiger partial charge >= 0.3 is 5.63 Å². The molecule has 0 saturated heterocycles. The first-order valence-corrected chi connectivity index (χ1v) is 7.86. The van der Waals surface area contributed by atoms with Gasteiger partial charge in [0.1, 0.15) is 5.58 Å². The first kappa shape index (κ1) is 18.1. The maximum Gasteiger partial charge on any atom is 0.364 e. The van der Waals surface area contributed by atoms with Crippen LogP contribution in [0.15, 0.2) is 45.6 Å². The number of nitrogens with one attached hydrogen (secondary N) is 1. The van der Waals surface area contributed by atoms with Crippen LogP contribution in [0.1, 0.15) is 10.4 Å². The summed E-state index contributed by atoms with van der Waals surface area (Å²) in [6.07, 6.45) is 0. The van der Waals surface area contributed by atoms with Gasteiger partial charge in [-0.2, -0.15) is 0 Å². The van der Waals surface area contributed by atoms with Crippen LogP contribution < -0.4 is 25.2 Å². The summed E-state index contributed by atoms with van der Waals surface area (Å²) in [5, 5.41) is 13.0. The van der Waals surface area contributed by atoms with Crippen molar-refractivity contribution in [1.82, 2.24) is 0 Å². The minimum atomic E-state index is -0.869. The number of carbonyl (C=O) groups excluding carboxylic acids is 1. The predicted molar refractivity (Wildman–Crippen MR) is 98.2 cm³/mol. The molecule has 3 aromatic rings. The van der Waals surface area contributed by atoms with E-state index in [1.165, 1.54) is 33.5 Å². The van der Waals surface area contributed by atoms with Gasteiger partial charge in [-0.15, -0.1) is 0 Å². The van der Waals surface area contributed by atoms with E-state index in [1.54, 1.807) is 24.3 Å². The quantitative estimate of drug-likeness (QED) is 0.664. The van der Waals surface area contributed by atoms with Crippen LogP contribution in [0.25, 0.3) is 11.0 Å². The number of hydrogen-bond acceptors (Lipinski definition) is 7. The van der Waals surface area contributed by atoms with Crippen LogP contribution in [0.3, 0.4) is 0 Å². The number of ether oxygens (including phenoxy) is 3. The summed E-state index contributed by atoms with van der Waals surface area (Å²) in [5.41, 5.74) is -0.873. The highest BCUT2D eigenvalue weighted by atomic mass is 16.5. The topological polar surface area (TPSA) is 107 Å². The molecule has 0 aliphatic heterocycles. The van der Waals surface area contributed by atoms with Crippen LogP contribution in [0, 0.1) is 0 Å². The number of anilines is 1. The average Bonchev–Trinajstić information content (AvgIpc) is 2.69. The molecule has 0 saturated carbocycles. The molecule has 0 atom stereocenters. The Labute approximate surface area is 153 Å². The lowest BCUT2D eigenvalue weighted by Gasteiger charge is -2.14. The highest BCUT2D eigenvalue weighted by Crippen LogP contribution is 2.38. The van der Waals surface area contributed by atoms with E-state index >= 15 is 0 Å². The Kier molecular flexibility index (Phi) is 4.89. The van der Waals surface area contributed by atoms with Crippen LogP contribution >= 0.6 is 0 Å². The SMILES string of the molecule is COc1cc(C(=O)Nc2c(O)c3ccccc3oc2=O)cc(OC)c1OC. The molecule has 0 fully saturated rings. The molecule has 2 N–H and O–H groups in total. The number of amides is 1. The van der Waals surface area contributed by atoms with Crippen molar-refractivity contribution in [3.05, 3.63) is 52.4 Å². The van der Waals surface area contributed by atoms with Gasteiger partial charge in [-0.05, 0) is 24.3 Å². The standard InChI is InChI=1S/C19H17NO7/c1-24-13-8-10(9-14(25-2)17(13)26-3)18(22)20-15-16(21)11-6-4-5-7-12(11)27-19(15)23/h4-9,21H,1-3H3,(H,20,22). The van der Waals surface area contributed by atoms with Crippen molar-refractivity contribution >= 4 is 22.6 Å². The highest BCUT2D eigenvalue weighted by Gasteiger charge is 2.20. The van der Waals surface area contributed by atoms with E-state index in [1.807, 2.05) is 0 Å². The molecule has 0 unspecified atom stereocenters. The van der Waals surface area contributed by atoms with E-state index in [0.29, 0.717) is 11.1 Å². The molecule has 2 aromatic carbocycles. The van der Waals surface area contributed by atoms with Gasteiger partial charge in [0.25, 0.3) is 5.91 Å². The van der Waals surface area contributed by atoms with Crippen molar-refractivity contribution in [1.29, 1.82) is 0 Å². The van der Waals surface area contributed by atoms with Crippen LogP contribution in [-0.2, 0) is 0 Å². The van der Waals surface area contributed by atoms with Gasteiger partial charge in [-0.25, -0.2) is 4.79 Å². The fourth-order valence-electron chi connectivity index (χ4n) is 2.64. The largest absolute Gasteiger partial charge is 0.505 e. The lowest BCUT2D eigenvalue weighted by atomic mass is 10.1. The smallest absolute Gasteiger partial charge is 0.364 e. The Morgan fingerprint density at radius 2 is 1.67 bits per heavy atom. The molecule has 0 bridgehead atoms. The van der Waals surface area contributed by atoms with E-state index in [-0.39, 0.29) is 34.1 Å². The summed E-state index contributed by atoms with van der Waals surface area (Å²) in [7, 11) is 4.28. The molecule has 1 aromatic heterocycles. The number of para-hydroxylation sites is 1. The minimum absolute atomic E-state index is 0.136. The van der Waals surface area contributed by atoms with Crippen LogP contribution in [-0.4, -0.2) is 32.3 Å². The van der Waals surface area contributed by atoms with Crippen LogP contribution in [0.4, 0.5) is 5.69 Å². The van der Waals surface area contributed by atoms with Gasteiger partial charge in [0.2, 0.25) is 5.75 Å². The van der Waals surface area contributed by atoms with E-state index in [4.69, 9.17) is 18.6 Å². The van der Waals surface area contributed by atoms with Crippen molar-refractivity contribution in [3.63, 3.8) is 0 Å². The molecular formula is C19H17NO7. The molecule has 0 spiro atoms. The second-order valence-electron chi connectivity index (χ2n) is 5.48. The summed E-state index contributed by atoms with van der Waals surface area (Å²) in [4.78, 5) is 24.8. The molecule has 8 heteroatoms. The Morgan fingerprint density at radius 1 is 1.04 bits per heavy atom. The summed E-state index contributed by atoms with van der Waals surface area (Å²) in [6, 6.07) is 9.31. The van der Waals surface area contributed by atoms with Gasteiger partial charge in [-0.1, -0.05) is 12.1 Å². The van der Waals surface area contributed by atoms with Gasteiger partial charge in [0.05, 0.1) is 26.7 Å². The van der Waals surface area contributed by atoms with Gasteiger partial charge in [0, 0.05) is 5.56 Å². The number of hydrogen-bond donors (Lipinski definition) is 2. The Hall–Kier alpha value is -3.68. The zero-order valence-electron chi connectivity index (χ0n) is 14.9. The Bertz CT molecular complexity index is 1050. The average molecular weight is 371 g/mol. The maximum absolute atomic E-state index is 12.6. The molecule has 3 rings (SSSR count). The van der Waals surface area contributed by atoms with Crippen molar-refractivity contribution < 1.29 is 28.5 Å². The van der Waals surface area contributed by atoms with Gasteiger partial charge < -0.3 is 29.1 Å². The number of aromatic hydroxyl groups is 1. The zero-order valence-corrected chi connectivity index (χ0v) is 14.9. The van der Waals surface area contributed by atoms with Crippen molar-refractivity contribution in [2.75, 3.05) is 26.6 Å². The first-order valence-electron chi connectivity index (χ1n) is 7.86. The highest BCUT2D eigenvalue weighted by molar-refractivity contribution is 6.07. The zero-order chi connectivity index (χ0) is 19.6. The second kappa shape index (κ2) is 7.28. The van der Waals surface area contributed by atoms with E-state index in [2.05, 4.69) is 5.32 Å². The lowest BCUT2D eigenvalue weighted by molar-refractivity contribution is 0.102. The van der Waals surface area contributed by atoms with Gasteiger partial charge in [-0.3, -0.25) is 4.79 Å². The van der Waals surface area contributed by atoms with Crippen molar-refractivity contribution in [2.24, 2.45) is 0 Å². The number of fused-ring (bicyclic) bond motifs is 1. The monoisotopic (exact) mass is 371 g/mol. The second-order valence-corrected chi connectivity index (χ2v) is 5.48. The normalized spacial score (nSPS) is 10.5. The molecule has 0 aliphatic carbocycles. The molecule has 8 nitrogen and oxygen atoms in total. The third kappa shape index (κ3) is 3.24. The predicted octanol–water partition coefficient (Wildman–Crippen LogP) is 2.78. The van der Waals surface area contributed by atoms with Crippen molar-refractivity contribution in [3.8, 4) is 23.0 Å². The number of benzene rings is 2. The summed E-state index contributed by atoms with van der Waals surface area (Å²) in [5.74, 6) is -0.159. The summed E-state index contributed by atoms with van der Waals surface area (Å²) >= 11 is 0. The van der Waals surface area contributed by atoms with Crippen LogP contribution in [0.5, 0.6) is 23.0 Å². The fraction of sp³-hybridized carbons (Fsp3) is 0.158. The van der Waals surface area contributed by atoms with E-state index in [0.717, 1.165) is 0 Å². The fourth-order valence-corrected chi connectivity index (χ4v) is 2.64. The van der Waals surface area contributed by atoms with Crippen molar-refractivity contribution in [2.45, 2.75) is 0 Å². The Morgan fingerprint density at radius 3 is 2.26 bits per heavy atom. The molecule has 1 heterocycles. The molecule has 0 radical (unpaired) electrons. The molecule has 27 heavy (non-hydrogen) atoms. The lowest BCUT2D eigenvalue weighted by Crippen LogP contribution is -2.18. The maximum atomic E-state index is 12.6. The number of rotatable bonds is 5. The third-order valence-corrected chi connectivity index (χ3v) is 3.95. The summed E-state index contributed by atoms with van der Waals surface area (Å²) in [6.45, 7) is 0. The molecule has 1 amide bonds. The number of carbonyl (C=O) groups is 1. The third-order valence-electron chi connectivity index (χ3n) is 3.95. The number of methoxy groups -OCH3 is 3. The first-order chi connectivity index (χ1) is 13.0. The van der Waals surface area contributed by atoms with E-state index in [9.17, 15) is 14.7 Å². The minimum Gasteiger partial charge on any atom is -0.505 e. The van der Waals surface area contributed by atoms with E-state index < -0.39 is 11.5 Å². The van der Waals surface area contributed by atoms with Crippen LogP contribution in [0.2, 0.25) is 0 Å².